The molecule has 5 nitrogen and oxygen atoms in total. The zero-order valence-corrected chi connectivity index (χ0v) is 11.1. The molecule has 5 heteroatoms. The molecule has 0 saturated carbocycles. The number of H-pyrrole nitrogens is 2. The van der Waals surface area contributed by atoms with E-state index >= 15 is 0 Å². The number of aromatic nitrogens is 2. The standard InChI is InChI=1S/C16H12N4O/c21-20(16-10-12-6-2-4-8-14(12)18-16)19-15-9-11-5-1-3-7-13(11)17-15/h1-10,17-18H. The lowest BCUT2D eigenvalue weighted by atomic mass is 10.2. The summed E-state index contributed by atoms with van der Waals surface area (Å²) in [7, 11) is 0. The molecule has 0 radical (unpaired) electrons. The molecule has 0 saturated heterocycles. The predicted molar refractivity (Wildman–Crippen MR) is 82.0 cm³/mol. The summed E-state index contributed by atoms with van der Waals surface area (Å²) in [6.07, 6.45) is 0. The number of para-hydroxylation sites is 2. The topological polar surface area (TPSA) is 70.0 Å². The van der Waals surface area contributed by atoms with Crippen LogP contribution in [0.1, 0.15) is 0 Å². The lowest BCUT2D eigenvalue weighted by molar-refractivity contribution is -0.439. The minimum Gasteiger partial charge on any atom is -0.691 e. The third kappa shape index (κ3) is 2.04. The van der Waals surface area contributed by atoms with Crippen LogP contribution in [-0.4, -0.2) is 14.8 Å². The Bertz CT molecular complexity index is 898. The SMILES string of the molecule is [O-][N+](=Nc1cc2ccccc2[nH]1)c1cc2ccccc2[nH]1. The van der Waals surface area contributed by atoms with Gasteiger partial charge < -0.3 is 10.2 Å². The van der Waals surface area contributed by atoms with Crippen LogP contribution in [0.15, 0.2) is 65.8 Å². The summed E-state index contributed by atoms with van der Waals surface area (Å²) in [6, 6.07) is 19.2. The van der Waals surface area contributed by atoms with E-state index in [-0.39, 0.29) is 0 Å². The summed E-state index contributed by atoms with van der Waals surface area (Å²) < 4.78 is 0. The largest absolute Gasteiger partial charge is 0.691 e. The Balaban J connectivity index is 1.76. The van der Waals surface area contributed by atoms with Crippen LogP contribution in [0.5, 0.6) is 0 Å². The van der Waals surface area contributed by atoms with Gasteiger partial charge in [-0.25, -0.2) is 4.98 Å². The quantitative estimate of drug-likeness (QED) is 0.314. The van der Waals surface area contributed by atoms with Gasteiger partial charge in [0.05, 0.1) is 0 Å². The van der Waals surface area contributed by atoms with Crippen LogP contribution < -0.4 is 0 Å². The number of benzene rings is 2. The van der Waals surface area contributed by atoms with Gasteiger partial charge in [0.15, 0.2) is 5.82 Å². The summed E-state index contributed by atoms with van der Waals surface area (Å²) in [6.45, 7) is 0. The molecular weight excluding hydrogens is 264 g/mol. The molecule has 0 amide bonds. The maximum Gasteiger partial charge on any atom is 0.304 e. The lowest BCUT2D eigenvalue weighted by Crippen LogP contribution is -1.89. The smallest absolute Gasteiger partial charge is 0.304 e. The monoisotopic (exact) mass is 276 g/mol. The highest BCUT2D eigenvalue weighted by Gasteiger charge is 2.08. The predicted octanol–water partition coefficient (Wildman–Crippen LogP) is 4.57. The van der Waals surface area contributed by atoms with Gasteiger partial charge >= 0.3 is 5.82 Å². The zero-order valence-electron chi connectivity index (χ0n) is 11.1. The van der Waals surface area contributed by atoms with Crippen molar-refractivity contribution in [2.45, 2.75) is 0 Å². The number of hydrogen-bond donors (Lipinski definition) is 2. The second-order valence-electron chi connectivity index (χ2n) is 4.86. The Labute approximate surface area is 120 Å². The first kappa shape index (κ1) is 11.7. The molecular formula is C16H12N4O. The molecule has 0 aliphatic carbocycles. The van der Waals surface area contributed by atoms with Crippen molar-refractivity contribution >= 4 is 33.4 Å². The van der Waals surface area contributed by atoms with Crippen LogP contribution in [-0.2, 0) is 0 Å². The molecule has 0 aliphatic heterocycles. The molecule has 2 aromatic carbocycles. The van der Waals surface area contributed by atoms with E-state index in [9.17, 15) is 5.21 Å². The Morgan fingerprint density at radius 1 is 0.810 bits per heavy atom. The Kier molecular flexibility index (Phi) is 2.50. The molecule has 2 N–H and O–H groups in total. The molecule has 2 heterocycles. The Morgan fingerprint density at radius 3 is 2.10 bits per heavy atom. The fourth-order valence-corrected chi connectivity index (χ4v) is 2.42. The molecule has 0 unspecified atom stereocenters. The van der Waals surface area contributed by atoms with Gasteiger partial charge in [0.2, 0.25) is 0 Å². The summed E-state index contributed by atoms with van der Waals surface area (Å²) >= 11 is 0. The van der Waals surface area contributed by atoms with Gasteiger partial charge in [-0.2, -0.15) is 0 Å². The van der Waals surface area contributed by atoms with Crippen LogP contribution in [0, 0.1) is 5.21 Å². The maximum absolute atomic E-state index is 12.2. The average molecular weight is 276 g/mol. The summed E-state index contributed by atoms with van der Waals surface area (Å²) in [5.74, 6) is 0.944. The highest BCUT2D eigenvalue weighted by molar-refractivity contribution is 5.83. The molecule has 0 atom stereocenters. The van der Waals surface area contributed by atoms with E-state index in [2.05, 4.69) is 15.1 Å². The number of aromatic amines is 2. The molecule has 4 aromatic rings. The van der Waals surface area contributed by atoms with Crippen molar-refractivity contribution in [2.75, 3.05) is 0 Å². The first-order valence-corrected chi connectivity index (χ1v) is 6.64. The third-order valence-corrected chi connectivity index (χ3v) is 3.44. The average Bonchev–Trinajstić information content (AvgIpc) is 3.10. The van der Waals surface area contributed by atoms with Gasteiger partial charge in [0.1, 0.15) is 5.52 Å². The Morgan fingerprint density at radius 2 is 1.43 bits per heavy atom. The maximum atomic E-state index is 12.2. The van der Waals surface area contributed by atoms with E-state index in [0.29, 0.717) is 16.5 Å². The molecule has 0 aliphatic rings. The van der Waals surface area contributed by atoms with Crippen LogP contribution >= 0.6 is 0 Å². The third-order valence-electron chi connectivity index (χ3n) is 3.44. The van der Waals surface area contributed by atoms with Crippen molar-refractivity contribution in [1.29, 1.82) is 0 Å². The van der Waals surface area contributed by atoms with Crippen molar-refractivity contribution in [2.24, 2.45) is 5.11 Å². The summed E-state index contributed by atoms with van der Waals surface area (Å²) in [5, 5.41) is 18.2. The highest BCUT2D eigenvalue weighted by Crippen LogP contribution is 2.24. The van der Waals surface area contributed by atoms with E-state index in [0.717, 1.165) is 21.8 Å². The first-order valence-electron chi connectivity index (χ1n) is 6.64. The fourth-order valence-electron chi connectivity index (χ4n) is 2.42. The van der Waals surface area contributed by atoms with E-state index < -0.39 is 0 Å². The second-order valence-corrected chi connectivity index (χ2v) is 4.86. The van der Waals surface area contributed by atoms with Gasteiger partial charge in [0, 0.05) is 22.4 Å². The normalized spacial score (nSPS) is 12.3. The molecule has 0 bridgehead atoms. The number of azo groups is 1. The van der Waals surface area contributed by atoms with E-state index in [4.69, 9.17) is 0 Å². The molecule has 21 heavy (non-hydrogen) atoms. The fraction of sp³-hybridized carbons (Fsp3) is 0. The summed E-state index contributed by atoms with van der Waals surface area (Å²) in [5.41, 5.74) is 1.88. The van der Waals surface area contributed by atoms with Gasteiger partial charge in [0.25, 0.3) is 0 Å². The number of nitrogens with zero attached hydrogens (tertiary/aromatic N) is 2. The van der Waals surface area contributed by atoms with Crippen molar-refractivity contribution in [3.63, 3.8) is 0 Å². The molecule has 4 rings (SSSR count). The summed E-state index contributed by atoms with van der Waals surface area (Å²) in [4.78, 5) is 6.76. The van der Waals surface area contributed by atoms with Crippen LogP contribution in [0.2, 0.25) is 0 Å². The van der Waals surface area contributed by atoms with Crippen LogP contribution in [0.4, 0.5) is 11.6 Å². The van der Waals surface area contributed by atoms with Gasteiger partial charge in [-0.15, -0.1) is 4.86 Å². The number of hydrogen-bond acceptors (Lipinski definition) is 2. The van der Waals surface area contributed by atoms with E-state index in [1.807, 2.05) is 54.6 Å². The van der Waals surface area contributed by atoms with Crippen molar-refractivity contribution in [3.8, 4) is 0 Å². The minimum absolute atomic E-state index is 0.412. The minimum atomic E-state index is 0.412. The number of nitrogens with one attached hydrogen (secondary N) is 2. The lowest BCUT2D eigenvalue weighted by Gasteiger charge is -2.00. The van der Waals surface area contributed by atoms with E-state index in [1.165, 1.54) is 0 Å². The van der Waals surface area contributed by atoms with Crippen LogP contribution in [0.3, 0.4) is 0 Å². The molecule has 102 valence electrons. The first-order chi connectivity index (χ1) is 10.3. The number of fused-ring (bicyclic) bond motifs is 2. The Hall–Kier alpha value is -3.08. The van der Waals surface area contributed by atoms with E-state index in [1.54, 1.807) is 6.07 Å². The van der Waals surface area contributed by atoms with Gasteiger partial charge in [-0.05, 0) is 18.2 Å². The molecule has 2 aromatic heterocycles. The highest BCUT2D eigenvalue weighted by atomic mass is 16.5. The molecule has 0 spiro atoms. The zero-order chi connectivity index (χ0) is 14.2. The van der Waals surface area contributed by atoms with Crippen molar-refractivity contribution < 1.29 is 4.86 Å². The number of rotatable bonds is 2. The second kappa shape index (κ2) is 4.49. The molecule has 0 fully saturated rings. The van der Waals surface area contributed by atoms with Gasteiger partial charge in [-0.3, -0.25) is 0 Å². The van der Waals surface area contributed by atoms with Crippen molar-refractivity contribution in [1.82, 2.24) is 9.97 Å². The van der Waals surface area contributed by atoms with Crippen molar-refractivity contribution in [3.05, 3.63) is 65.9 Å². The van der Waals surface area contributed by atoms with Crippen LogP contribution in [0.25, 0.3) is 21.8 Å². The van der Waals surface area contributed by atoms with Gasteiger partial charge in [-0.1, -0.05) is 41.5 Å².